The van der Waals surface area contributed by atoms with Crippen LogP contribution in [0.1, 0.15) is 58.4 Å². The molecule has 0 saturated heterocycles. The maximum atomic E-state index is 12.0. The standard InChI is InChI=1S/C18H26ClNO2/c1-17(2,3)22-16(21)20-13-18(10-5-4-6-11-18)14-8-7-9-15(19)12-14/h7-9,12H,4-6,10-11,13H2,1-3H3,(H,20,21). The summed E-state index contributed by atoms with van der Waals surface area (Å²) in [5.41, 5.74) is 0.718. The minimum atomic E-state index is -0.472. The van der Waals surface area contributed by atoms with E-state index < -0.39 is 5.60 Å². The fourth-order valence-corrected chi connectivity index (χ4v) is 3.36. The molecule has 1 aromatic rings. The molecule has 4 heteroatoms. The fourth-order valence-electron chi connectivity index (χ4n) is 3.17. The number of alkyl carbamates (subject to hydrolysis) is 1. The predicted octanol–water partition coefficient (Wildman–Crippen LogP) is 5.07. The molecule has 2 rings (SSSR count). The minimum Gasteiger partial charge on any atom is -0.444 e. The van der Waals surface area contributed by atoms with Gasteiger partial charge in [-0.1, -0.05) is 43.0 Å². The normalized spacial score (nSPS) is 17.8. The van der Waals surface area contributed by atoms with E-state index in [2.05, 4.69) is 11.4 Å². The lowest BCUT2D eigenvalue weighted by Gasteiger charge is -2.38. The summed E-state index contributed by atoms with van der Waals surface area (Å²) in [5.74, 6) is 0. The summed E-state index contributed by atoms with van der Waals surface area (Å²) in [6.45, 7) is 6.22. The third-order valence-electron chi connectivity index (χ3n) is 4.22. The maximum Gasteiger partial charge on any atom is 0.407 e. The molecule has 1 N–H and O–H groups in total. The number of hydrogen-bond acceptors (Lipinski definition) is 2. The first-order chi connectivity index (χ1) is 10.3. The minimum absolute atomic E-state index is 0.0277. The first kappa shape index (κ1) is 17.1. The molecular weight excluding hydrogens is 298 g/mol. The van der Waals surface area contributed by atoms with Crippen LogP contribution >= 0.6 is 11.6 Å². The van der Waals surface area contributed by atoms with Crippen LogP contribution < -0.4 is 5.32 Å². The van der Waals surface area contributed by atoms with E-state index >= 15 is 0 Å². The Morgan fingerprint density at radius 2 is 1.95 bits per heavy atom. The van der Waals surface area contributed by atoms with Crippen LogP contribution in [-0.4, -0.2) is 18.2 Å². The number of hydrogen-bond donors (Lipinski definition) is 1. The van der Waals surface area contributed by atoms with Crippen LogP contribution in [0.25, 0.3) is 0 Å². The van der Waals surface area contributed by atoms with Crippen molar-refractivity contribution in [3.05, 3.63) is 34.9 Å². The van der Waals surface area contributed by atoms with E-state index in [0.29, 0.717) is 6.54 Å². The number of carbonyl (C=O) groups is 1. The molecule has 0 spiro atoms. The van der Waals surface area contributed by atoms with Gasteiger partial charge in [-0.15, -0.1) is 0 Å². The molecule has 1 amide bonds. The molecule has 0 heterocycles. The van der Waals surface area contributed by atoms with Crippen molar-refractivity contribution in [1.82, 2.24) is 5.32 Å². The maximum absolute atomic E-state index is 12.0. The Morgan fingerprint density at radius 3 is 2.55 bits per heavy atom. The smallest absolute Gasteiger partial charge is 0.407 e. The van der Waals surface area contributed by atoms with Crippen LogP contribution in [0.3, 0.4) is 0 Å². The van der Waals surface area contributed by atoms with E-state index in [1.165, 1.54) is 24.8 Å². The second-order valence-corrected chi connectivity index (χ2v) is 7.64. The van der Waals surface area contributed by atoms with Crippen LogP contribution in [0.15, 0.2) is 24.3 Å². The average Bonchev–Trinajstić information content (AvgIpc) is 2.44. The summed E-state index contributed by atoms with van der Waals surface area (Å²) in [7, 11) is 0. The number of halogens is 1. The Kier molecular flexibility index (Phi) is 5.38. The van der Waals surface area contributed by atoms with Crippen LogP contribution in [0.5, 0.6) is 0 Å². The predicted molar refractivity (Wildman–Crippen MR) is 90.5 cm³/mol. The number of carbonyl (C=O) groups excluding carboxylic acids is 1. The molecule has 1 fully saturated rings. The third kappa shape index (κ3) is 4.64. The molecule has 1 saturated carbocycles. The molecule has 122 valence electrons. The molecule has 0 aliphatic heterocycles. The number of nitrogens with one attached hydrogen (secondary N) is 1. The Morgan fingerprint density at radius 1 is 1.27 bits per heavy atom. The van der Waals surface area contributed by atoms with Crippen molar-refractivity contribution in [2.75, 3.05) is 6.54 Å². The van der Waals surface area contributed by atoms with E-state index in [9.17, 15) is 4.79 Å². The molecule has 1 aliphatic carbocycles. The number of ether oxygens (including phenoxy) is 1. The zero-order valence-corrected chi connectivity index (χ0v) is 14.5. The lowest BCUT2D eigenvalue weighted by atomic mass is 9.69. The fraction of sp³-hybridized carbons (Fsp3) is 0.611. The van der Waals surface area contributed by atoms with Gasteiger partial charge in [0.2, 0.25) is 0 Å². The van der Waals surface area contributed by atoms with E-state index in [-0.39, 0.29) is 11.5 Å². The quantitative estimate of drug-likeness (QED) is 0.843. The van der Waals surface area contributed by atoms with Crippen LogP contribution in [0.2, 0.25) is 5.02 Å². The molecule has 0 bridgehead atoms. The Balaban J connectivity index is 2.11. The van der Waals surface area contributed by atoms with Crippen molar-refractivity contribution in [3.8, 4) is 0 Å². The second kappa shape index (κ2) is 6.91. The summed E-state index contributed by atoms with van der Waals surface area (Å²) in [4.78, 5) is 12.0. The highest BCUT2D eigenvalue weighted by atomic mass is 35.5. The Hall–Kier alpha value is -1.22. The zero-order valence-electron chi connectivity index (χ0n) is 13.7. The highest BCUT2D eigenvalue weighted by molar-refractivity contribution is 6.30. The Labute approximate surface area is 138 Å². The monoisotopic (exact) mass is 323 g/mol. The third-order valence-corrected chi connectivity index (χ3v) is 4.45. The summed E-state index contributed by atoms with van der Waals surface area (Å²) in [6.07, 6.45) is 5.42. The highest BCUT2D eigenvalue weighted by Gasteiger charge is 2.34. The van der Waals surface area contributed by atoms with E-state index in [4.69, 9.17) is 16.3 Å². The lowest BCUT2D eigenvalue weighted by molar-refractivity contribution is 0.0507. The van der Waals surface area contributed by atoms with Gasteiger partial charge in [-0.25, -0.2) is 4.79 Å². The first-order valence-electron chi connectivity index (χ1n) is 8.04. The largest absolute Gasteiger partial charge is 0.444 e. The van der Waals surface area contributed by atoms with Gasteiger partial charge in [0.1, 0.15) is 5.60 Å². The molecule has 0 aromatic heterocycles. The van der Waals surface area contributed by atoms with Crippen LogP contribution in [0, 0.1) is 0 Å². The summed E-state index contributed by atoms with van der Waals surface area (Å²) in [5, 5.41) is 3.71. The van der Waals surface area contributed by atoms with Crippen molar-refractivity contribution in [2.45, 2.75) is 63.9 Å². The highest BCUT2D eigenvalue weighted by Crippen LogP contribution is 2.39. The van der Waals surface area contributed by atoms with Crippen molar-refractivity contribution in [1.29, 1.82) is 0 Å². The molecule has 22 heavy (non-hydrogen) atoms. The molecule has 0 unspecified atom stereocenters. The van der Waals surface area contributed by atoms with E-state index in [1.807, 2.05) is 39.0 Å². The van der Waals surface area contributed by atoms with Crippen molar-refractivity contribution < 1.29 is 9.53 Å². The zero-order chi connectivity index (χ0) is 16.2. The van der Waals surface area contributed by atoms with Crippen molar-refractivity contribution in [3.63, 3.8) is 0 Å². The molecule has 0 atom stereocenters. The lowest BCUT2D eigenvalue weighted by Crippen LogP contribution is -2.43. The number of benzene rings is 1. The van der Waals surface area contributed by atoms with E-state index in [0.717, 1.165) is 17.9 Å². The summed E-state index contributed by atoms with van der Waals surface area (Å²) in [6, 6.07) is 8.03. The number of rotatable bonds is 3. The van der Waals surface area contributed by atoms with Gasteiger partial charge in [-0.05, 0) is 51.3 Å². The SMILES string of the molecule is CC(C)(C)OC(=O)NCC1(c2cccc(Cl)c2)CCCCC1. The van der Waals surface area contributed by atoms with Crippen molar-refractivity contribution >= 4 is 17.7 Å². The van der Waals surface area contributed by atoms with E-state index in [1.54, 1.807) is 0 Å². The van der Waals surface area contributed by atoms with Crippen molar-refractivity contribution in [2.24, 2.45) is 0 Å². The number of amides is 1. The van der Waals surface area contributed by atoms with Gasteiger partial charge < -0.3 is 10.1 Å². The second-order valence-electron chi connectivity index (χ2n) is 7.21. The van der Waals surface area contributed by atoms with Crippen LogP contribution in [-0.2, 0) is 10.2 Å². The average molecular weight is 324 g/mol. The van der Waals surface area contributed by atoms with Gasteiger partial charge in [-0.3, -0.25) is 0 Å². The Bertz CT molecular complexity index is 516. The van der Waals surface area contributed by atoms with Gasteiger partial charge in [0.05, 0.1) is 0 Å². The van der Waals surface area contributed by atoms with Gasteiger partial charge in [-0.2, -0.15) is 0 Å². The topological polar surface area (TPSA) is 38.3 Å². The first-order valence-corrected chi connectivity index (χ1v) is 8.41. The molecule has 1 aromatic carbocycles. The van der Waals surface area contributed by atoms with Gasteiger partial charge in [0, 0.05) is 17.0 Å². The summed E-state index contributed by atoms with van der Waals surface area (Å²) >= 11 is 6.16. The van der Waals surface area contributed by atoms with Gasteiger partial charge >= 0.3 is 6.09 Å². The molecule has 3 nitrogen and oxygen atoms in total. The van der Waals surface area contributed by atoms with Crippen LogP contribution in [0.4, 0.5) is 4.79 Å². The summed E-state index contributed by atoms with van der Waals surface area (Å²) < 4.78 is 5.36. The molecular formula is C18H26ClNO2. The molecule has 1 aliphatic rings. The van der Waals surface area contributed by atoms with Gasteiger partial charge in [0.15, 0.2) is 0 Å². The van der Waals surface area contributed by atoms with Gasteiger partial charge in [0.25, 0.3) is 0 Å². The molecule has 0 radical (unpaired) electrons.